The van der Waals surface area contributed by atoms with Crippen LogP contribution in [-0.2, 0) is 4.79 Å². The molecule has 2 N–H and O–H groups in total. The molecule has 1 saturated heterocycles. The standard InChI is InChI=1S/C27H27ClFN7O3/c1-30-16-24(37)34-9-11-35(12-10-34)27(38)19-5-4-18(14-20(19)28)33-25-26-32-15-22(36(26)8-7-31-25)17-3-6-23(39-2)21(29)13-17/h3-8,13-15,30H,9-12,16H2,1-2H3,(H,31,33). The summed E-state index contributed by atoms with van der Waals surface area (Å²) in [5.41, 5.74) is 2.86. The minimum Gasteiger partial charge on any atom is -0.494 e. The quantitative estimate of drug-likeness (QED) is 0.362. The third kappa shape index (κ3) is 5.36. The molecule has 0 aliphatic carbocycles. The lowest BCUT2D eigenvalue weighted by molar-refractivity contribution is -0.131. The number of hydrogen-bond donors (Lipinski definition) is 2. The number of imidazole rings is 1. The molecule has 10 nitrogen and oxygen atoms in total. The van der Waals surface area contributed by atoms with Crippen molar-refractivity contribution in [3.63, 3.8) is 0 Å². The Morgan fingerprint density at radius 2 is 1.85 bits per heavy atom. The molecule has 0 atom stereocenters. The number of fused-ring (bicyclic) bond motifs is 1. The Balaban J connectivity index is 1.32. The molecule has 0 spiro atoms. The van der Waals surface area contributed by atoms with Crippen LogP contribution in [0.4, 0.5) is 15.9 Å². The van der Waals surface area contributed by atoms with E-state index in [0.717, 1.165) is 0 Å². The van der Waals surface area contributed by atoms with Gasteiger partial charge in [-0.05, 0) is 43.4 Å². The lowest BCUT2D eigenvalue weighted by atomic mass is 10.1. The van der Waals surface area contributed by atoms with Gasteiger partial charge < -0.3 is 25.2 Å². The number of nitrogens with zero attached hydrogens (tertiary/aromatic N) is 5. The van der Waals surface area contributed by atoms with Gasteiger partial charge in [-0.25, -0.2) is 14.4 Å². The van der Waals surface area contributed by atoms with Crippen LogP contribution < -0.4 is 15.4 Å². The number of rotatable bonds is 7. The fourth-order valence-electron chi connectivity index (χ4n) is 4.54. The number of aromatic nitrogens is 3. The van der Waals surface area contributed by atoms with E-state index < -0.39 is 5.82 Å². The maximum absolute atomic E-state index is 14.3. The van der Waals surface area contributed by atoms with E-state index in [1.165, 1.54) is 13.2 Å². The number of ether oxygens (including phenoxy) is 1. The Morgan fingerprint density at radius 1 is 1.08 bits per heavy atom. The summed E-state index contributed by atoms with van der Waals surface area (Å²) in [4.78, 5) is 37.5. The highest BCUT2D eigenvalue weighted by Gasteiger charge is 2.26. The zero-order valence-electron chi connectivity index (χ0n) is 21.4. The topological polar surface area (TPSA) is 104 Å². The van der Waals surface area contributed by atoms with Crippen molar-refractivity contribution in [2.75, 3.05) is 52.2 Å². The molecular weight excluding hydrogens is 525 g/mol. The van der Waals surface area contributed by atoms with Crippen molar-refractivity contribution < 1.29 is 18.7 Å². The van der Waals surface area contributed by atoms with Gasteiger partial charge in [0.2, 0.25) is 5.91 Å². The van der Waals surface area contributed by atoms with Crippen LogP contribution in [0.3, 0.4) is 0 Å². The maximum atomic E-state index is 14.3. The minimum absolute atomic E-state index is 0.0162. The summed E-state index contributed by atoms with van der Waals surface area (Å²) in [5.74, 6) is -0.00197. The Hall–Kier alpha value is -4.22. The second-order valence-corrected chi connectivity index (χ2v) is 9.39. The highest BCUT2D eigenvalue weighted by Crippen LogP contribution is 2.30. The predicted molar refractivity (Wildman–Crippen MR) is 146 cm³/mol. The molecule has 2 aromatic carbocycles. The zero-order chi connectivity index (χ0) is 27.5. The molecule has 39 heavy (non-hydrogen) atoms. The molecule has 0 unspecified atom stereocenters. The molecule has 1 fully saturated rings. The van der Waals surface area contributed by atoms with Crippen LogP contribution in [0.1, 0.15) is 10.4 Å². The van der Waals surface area contributed by atoms with Crippen LogP contribution in [-0.4, -0.2) is 82.9 Å². The lowest BCUT2D eigenvalue weighted by Gasteiger charge is -2.35. The van der Waals surface area contributed by atoms with Crippen molar-refractivity contribution in [3.05, 3.63) is 71.4 Å². The summed E-state index contributed by atoms with van der Waals surface area (Å²) in [7, 11) is 3.15. The number of piperazine rings is 1. The molecule has 0 saturated carbocycles. The van der Waals surface area contributed by atoms with E-state index >= 15 is 0 Å². The van der Waals surface area contributed by atoms with Crippen molar-refractivity contribution in [2.45, 2.75) is 0 Å². The van der Waals surface area contributed by atoms with Gasteiger partial charge in [-0.3, -0.25) is 14.0 Å². The molecule has 12 heteroatoms. The number of methoxy groups -OCH3 is 1. The number of halogens is 2. The van der Waals surface area contributed by atoms with Crippen LogP contribution in [0.15, 0.2) is 55.0 Å². The molecule has 2 amide bonds. The zero-order valence-corrected chi connectivity index (χ0v) is 22.2. The highest BCUT2D eigenvalue weighted by atomic mass is 35.5. The summed E-state index contributed by atoms with van der Waals surface area (Å²) in [6.45, 7) is 2.12. The van der Waals surface area contributed by atoms with Gasteiger partial charge >= 0.3 is 0 Å². The van der Waals surface area contributed by atoms with E-state index in [1.807, 2.05) is 0 Å². The Labute approximate surface area is 229 Å². The first kappa shape index (κ1) is 26.4. The van der Waals surface area contributed by atoms with Gasteiger partial charge in [0.15, 0.2) is 23.0 Å². The van der Waals surface area contributed by atoms with Gasteiger partial charge in [-0.2, -0.15) is 0 Å². The van der Waals surface area contributed by atoms with E-state index in [0.29, 0.717) is 65.2 Å². The van der Waals surface area contributed by atoms with Crippen LogP contribution in [0, 0.1) is 5.82 Å². The lowest BCUT2D eigenvalue weighted by Crippen LogP contribution is -2.52. The molecule has 0 bridgehead atoms. The number of nitrogens with one attached hydrogen (secondary N) is 2. The minimum atomic E-state index is -0.467. The van der Waals surface area contributed by atoms with Gasteiger partial charge in [-0.1, -0.05) is 11.6 Å². The van der Waals surface area contributed by atoms with Gasteiger partial charge in [-0.15, -0.1) is 0 Å². The van der Waals surface area contributed by atoms with Crippen LogP contribution >= 0.6 is 11.6 Å². The van der Waals surface area contributed by atoms with E-state index in [4.69, 9.17) is 16.3 Å². The van der Waals surface area contributed by atoms with E-state index in [-0.39, 0.29) is 24.1 Å². The number of carbonyl (C=O) groups is 2. The van der Waals surface area contributed by atoms with Gasteiger partial charge in [0.05, 0.1) is 36.1 Å². The molecule has 1 aliphatic rings. The van der Waals surface area contributed by atoms with Crippen LogP contribution in [0.2, 0.25) is 5.02 Å². The maximum Gasteiger partial charge on any atom is 0.255 e. The van der Waals surface area contributed by atoms with Crippen molar-refractivity contribution in [1.82, 2.24) is 29.5 Å². The summed E-state index contributed by atoms with van der Waals surface area (Å²) in [5, 5.41) is 6.36. The molecular formula is C27H27ClFN7O3. The van der Waals surface area contributed by atoms with Crippen molar-refractivity contribution in [1.29, 1.82) is 0 Å². The summed E-state index contributed by atoms with van der Waals surface area (Å²) >= 11 is 6.52. The van der Waals surface area contributed by atoms with Crippen LogP contribution in [0.25, 0.3) is 16.9 Å². The first-order valence-electron chi connectivity index (χ1n) is 12.3. The number of hydrogen-bond acceptors (Lipinski definition) is 7. The third-order valence-electron chi connectivity index (χ3n) is 6.59. The summed E-state index contributed by atoms with van der Waals surface area (Å²) in [6, 6.07) is 9.80. The fraction of sp³-hybridized carbons (Fsp3) is 0.259. The summed E-state index contributed by atoms with van der Waals surface area (Å²) in [6.07, 6.45) is 5.00. The smallest absolute Gasteiger partial charge is 0.255 e. The second-order valence-electron chi connectivity index (χ2n) is 8.99. The third-order valence-corrected chi connectivity index (χ3v) is 6.90. The molecule has 0 radical (unpaired) electrons. The average Bonchev–Trinajstić information content (AvgIpc) is 3.38. The Morgan fingerprint density at radius 3 is 2.54 bits per heavy atom. The van der Waals surface area contributed by atoms with Gasteiger partial charge in [0.1, 0.15) is 0 Å². The summed E-state index contributed by atoms with van der Waals surface area (Å²) < 4.78 is 21.1. The van der Waals surface area contributed by atoms with E-state index in [1.54, 1.807) is 70.2 Å². The van der Waals surface area contributed by atoms with Crippen molar-refractivity contribution >= 4 is 40.6 Å². The average molecular weight is 552 g/mol. The molecule has 202 valence electrons. The predicted octanol–water partition coefficient (Wildman–Crippen LogP) is 3.44. The molecule has 1 aliphatic heterocycles. The van der Waals surface area contributed by atoms with Crippen molar-refractivity contribution in [2.24, 2.45) is 0 Å². The first-order chi connectivity index (χ1) is 18.9. The van der Waals surface area contributed by atoms with E-state index in [9.17, 15) is 14.0 Å². The number of amides is 2. The van der Waals surface area contributed by atoms with Crippen LogP contribution in [0.5, 0.6) is 5.75 Å². The SMILES string of the molecule is CNCC(=O)N1CCN(C(=O)c2ccc(Nc3nccn4c(-c5ccc(OC)c(F)c5)cnc34)cc2Cl)CC1. The Bertz CT molecular complexity index is 1540. The fourth-order valence-corrected chi connectivity index (χ4v) is 4.80. The van der Waals surface area contributed by atoms with Crippen molar-refractivity contribution in [3.8, 4) is 17.0 Å². The molecule has 3 heterocycles. The van der Waals surface area contributed by atoms with Gasteiger partial charge in [0.25, 0.3) is 5.91 Å². The number of benzene rings is 2. The second kappa shape index (κ2) is 11.3. The monoisotopic (exact) mass is 551 g/mol. The Kier molecular flexibility index (Phi) is 7.62. The number of anilines is 2. The normalized spacial score (nSPS) is 13.5. The number of likely N-dealkylation sites (N-methyl/N-ethyl adjacent to an activating group) is 1. The molecule has 5 rings (SSSR count). The highest BCUT2D eigenvalue weighted by molar-refractivity contribution is 6.34. The number of carbonyl (C=O) groups excluding carboxylic acids is 2. The first-order valence-corrected chi connectivity index (χ1v) is 12.7. The molecule has 2 aromatic heterocycles. The molecule has 4 aromatic rings. The largest absolute Gasteiger partial charge is 0.494 e. The van der Waals surface area contributed by atoms with Gasteiger partial charge in [0, 0.05) is 49.8 Å². The van der Waals surface area contributed by atoms with E-state index in [2.05, 4.69) is 20.6 Å².